The highest BCUT2D eigenvalue weighted by Gasteiger charge is 2.36. The highest BCUT2D eigenvalue weighted by molar-refractivity contribution is 6.59. The summed E-state index contributed by atoms with van der Waals surface area (Å²) >= 11 is 0. The summed E-state index contributed by atoms with van der Waals surface area (Å²) in [5, 5.41) is 0. The molecule has 0 aromatic heterocycles. The lowest BCUT2D eigenvalue weighted by Crippen LogP contribution is -2.44. The molecular weight excluding hydrogens is 917 g/mol. The molecule has 1 aromatic rings. The van der Waals surface area contributed by atoms with E-state index in [9.17, 15) is 4.79 Å². The highest BCUT2D eigenvalue weighted by atomic mass is 28.4. The number of carbonyl (C=O) groups excluding carboxylic acids is 1. The fourth-order valence-electron chi connectivity index (χ4n) is 10.6. The van der Waals surface area contributed by atoms with Gasteiger partial charge in [0.1, 0.15) is 23.7 Å². The van der Waals surface area contributed by atoms with E-state index in [4.69, 9.17) is 22.8 Å². The predicted octanol–water partition coefficient (Wildman–Crippen LogP) is 21.1. The van der Waals surface area contributed by atoms with Crippen LogP contribution in [0.25, 0.3) is 0 Å². The van der Waals surface area contributed by atoms with Crippen molar-refractivity contribution in [2.75, 3.05) is 19.8 Å². The summed E-state index contributed by atoms with van der Waals surface area (Å²) in [4.78, 5) is 13.4. The zero-order valence-electron chi connectivity index (χ0n) is 49.8. The molecule has 1 aromatic carbocycles. The predicted molar refractivity (Wildman–Crippen MR) is 317 cm³/mol. The Morgan fingerprint density at radius 2 is 1.00 bits per heavy atom. The van der Waals surface area contributed by atoms with E-state index >= 15 is 0 Å². The zero-order chi connectivity index (χ0) is 53.1. The summed E-state index contributed by atoms with van der Waals surface area (Å²) in [6.45, 7) is 21.4. The van der Waals surface area contributed by atoms with Crippen molar-refractivity contribution < 1.29 is 27.5 Å². The molecule has 73 heavy (non-hydrogen) atoms. The van der Waals surface area contributed by atoms with Crippen molar-refractivity contribution in [3.63, 3.8) is 0 Å². The number of fused-ring (bicyclic) bond motifs is 1. The summed E-state index contributed by atoms with van der Waals surface area (Å²) in [5.41, 5.74) is 1.96. The molecule has 6 nitrogen and oxygen atoms in total. The number of allylic oxidation sites excluding steroid dienone is 4. The third kappa shape index (κ3) is 36.7. The van der Waals surface area contributed by atoms with Crippen LogP contribution in [-0.4, -0.2) is 40.2 Å². The minimum atomic E-state index is -3.07. The van der Waals surface area contributed by atoms with Crippen molar-refractivity contribution in [2.24, 2.45) is 17.8 Å². The Bertz CT molecular complexity index is 1480. The first-order valence-electron chi connectivity index (χ1n) is 31.6. The van der Waals surface area contributed by atoms with Crippen LogP contribution in [0.3, 0.4) is 0 Å². The fraction of sp³-hybridized carbons (Fsp3) is 0.833. The van der Waals surface area contributed by atoms with E-state index in [2.05, 4.69) is 79.7 Å². The van der Waals surface area contributed by atoms with Gasteiger partial charge in [-0.3, -0.25) is 0 Å². The molecular formula is C66H120O6Si. The molecule has 0 fully saturated rings. The van der Waals surface area contributed by atoms with Crippen LogP contribution in [0.4, 0.5) is 0 Å². The average Bonchev–Trinajstić information content (AvgIpc) is 3.35. The highest BCUT2D eigenvalue weighted by Crippen LogP contribution is 2.40. The Labute approximate surface area is 454 Å². The van der Waals surface area contributed by atoms with E-state index in [-0.39, 0.29) is 12.2 Å². The van der Waals surface area contributed by atoms with Crippen molar-refractivity contribution in [3.8, 4) is 11.5 Å². The van der Waals surface area contributed by atoms with Crippen molar-refractivity contribution in [2.45, 2.75) is 318 Å². The van der Waals surface area contributed by atoms with Gasteiger partial charge in [0, 0.05) is 19.8 Å². The molecule has 424 valence electrons. The van der Waals surface area contributed by atoms with Crippen molar-refractivity contribution in [3.05, 3.63) is 47.6 Å². The van der Waals surface area contributed by atoms with Crippen LogP contribution in [0.1, 0.15) is 304 Å². The van der Waals surface area contributed by atoms with E-state index in [1.165, 1.54) is 205 Å². The summed E-state index contributed by atoms with van der Waals surface area (Å²) in [6.07, 6.45) is 58.8. The monoisotopic (exact) mass is 1040 g/mol. The third-order valence-electron chi connectivity index (χ3n) is 15.6. The molecule has 2 rings (SSSR count). The topological polar surface area (TPSA) is 63.2 Å². The van der Waals surface area contributed by atoms with Crippen LogP contribution in [0.5, 0.6) is 11.5 Å². The fourth-order valence-corrected chi connectivity index (χ4v) is 12.2. The third-order valence-corrected chi connectivity index (χ3v) is 17.7. The van der Waals surface area contributed by atoms with E-state index < -0.39 is 14.8 Å². The second-order valence-corrected chi connectivity index (χ2v) is 26.4. The maximum Gasteiger partial charge on any atom is 0.498 e. The number of hydrogen-bond donors (Lipinski definition) is 0. The molecule has 1 aliphatic rings. The molecule has 0 saturated carbocycles. The van der Waals surface area contributed by atoms with Crippen LogP contribution < -0.4 is 9.47 Å². The number of unbranched alkanes of at least 4 members (excludes halogenated alkanes) is 24. The van der Waals surface area contributed by atoms with Gasteiger partial charge in [-0.05, 0) is 145 Å². The van der Waals surface area contributed by atoms with Crippen molar-refractivity contribution >= 4 is 14.8 Å². The number of rotatable bonds is 50. The summed E-state index contributed by atoms with van der Waals surface area (Å²) in [7, 11) is -3.07. The second-order valence-electron chi connectivity index (χ2n) is 23.8. The van der Waals surface area contributed by atoms with Crippen LogP contribution in [0.2, 0.25) is 6.55 Å². The number of esters is 1. The molecule has 0 spiro atoms. The van der Waals surface area contributed by atoms with Crippen LogP contribution in [-0.2, 0) is 24.5 Å². The Morgan fingerprint density at radius 3 is 1.47 bits per heavy atom. The van der Waals surface area contributed by atoms with Gasteiger partial charge in [-0.15, -0.1) is 0 Å². The maximum absolute atomic E-state index is 13.4. The molecule has 0 saturated heterocycles. The first kappa shape index (κ1) is 67.2. The zero-order valence-corrected chi connectivity index (χ0v) is 50.8. The largest absolute Gasteiger partial charge is 0.498 e. The Balaban J connectivity index is 1.78. The number of hydrogen-bond acceptors (Lipinski definition) is 6. The number of benzene rings is 1. The first-order valence-corrected chi connectivity index (χ1v) is 33.9. The molecule has 3 atom stereocenters. The van der Waals surface area contributed by atoms with Crippen LogP contribution in [0, 0.1) is 24.7 Å². The van der Waals surface area contributed by atoms with E-state index in [1.807, 2.05) is 18.7 Å². The molecule has 0 radical (unpaired) electrons. The second kappa shape index (κ2) is 44.1. The SMILES string of the molecule is CCCCCCCC/C=C\CCCCCCCCO[Si](C)(OCCCCCCCC/C=C\CCCCCCCC)OCC(=O)Oc1cc(C)c2c(c1)CC[C@@](C)(CCC[C@H](C)CCC[C@H](C)CCCC(C)C)O2. The molecule has 0 aliphatic carbocycles. The summed E-state index contributed by atoms with van der Waals surface area (Å²) < 4.78 is 31.8. The standard InChI is InChI=1S/C66H120O6Si/c1-10-12-14-16-18-20-22-24-26-28-30-32-34-36-38-40-53-68-73(9,69-54-41-39-37-35-33-31-29-27-25-23-21-19-17-15-13-11-2)70-57-64(67)71-63-55-61(7)65-62(56-63)50-52-66(8,72-65)51-44-49-60(6)48-43-47-59(5)46-42-45-58(3)4/h24-27,55-56,58-60H,10-23,28-54,57H2,1-9H3/b26-24-,27-25-/t59-,60-,66-/m1/s1. The van der Waals surface area contributed by atoms with Gasteiger partial charge in [0.25, 0.3) is 0 Å². The Hall–Kier alpha value is -1.93. The van der Waals surface area contributed by atoms with Gasteiger partial charge in [-0.1, -0.05) is 226 Å². The van der Waals surface area contributed by atoms with Crippen LogP contribution >= 0.6 is 0 Å². The summed E-state index contributed by atoms with van der Waals surface area (Å²) in [6, 6.07) is 3.94. The van der Waals surface area contributed by atoms with E-state index in [0.717, 1.165) is 79.6 Å². The smallest absolute Gasteiger partial charge is 0.487 e. The molecule has 1 heterocycles. The first-order chi connectivity index (χ1) is 35.4. The van der Waals surface area contributed by atoms with Gasteiger partial charge < -0.3 is 22.8 Å². The molecule has 0 bridgehead atoms. The van der Waals surface area contributed by atoms with Crippen molar-refractivity contribution in [1.82, 2.24) is 0 Å². The number of carbonyl (C=O) groups is 1. The van der Waals surface area contributed by atoms with Gasteiger partial charge in [0.05, 0.1) is 0 Å². The minimum absolute atomic E-state index is 0.169. The lowest BCUT2D eigenvalue weighted by atomic mass is 9.85. The van der Waals surface area contributed by atoms with Gasteiger partial charge in [0.15, 0.2) is 0 Å². The molecule has 7 heteroatoms. The van der Waals surface area contributed by atoms with Gasteiger partial charge in [-0.2, -0.15) is 0 Å². The number of ether oxygens (including phenoxy) is 2. The lowest BCUT2D eigenvalue weighted by molar-refractivity contribution is -0.138. The molecule has 1 aliphatic heterocycles. The molecule has 0 amide bonds. The molecule has 0 unspecified atom stereocenters. The molecule has 0 N–H and O–H groups in total. The Kier molecular flexibility index (Phi) is 40.6. The van der Waals surface area contributed by atoms with Gasteiger partial charge >= 0.3 is 14.8 Å². The van der Waals surface area contributed by atoms with Crippen molar-refractivity contribution in [1.29, 1.82) is 0 Å². The number of aryl methyl sites for hydroxylation is 2. The lowest BCUT2D eigenvalue weighted by Gasteiger charge is -2.37. The summed E-state index contributed by atoms with van der Waals surface area (Å²) in [5.74, 6) is 3.52. The minimum Gasteiger partial charge on any atom is -0.487 e. The van der Waals surface area contributed by atoms with Crippen LogP contribution in [0.15, 0.2) is 36.4 Å². The Morgan fingerprint density at radius 1 is 0.575 bits per heavy atom. The maximum atomic E-state index is 13.4. The van der Waals surface area contributed by atoms with Gasteiger partial charge in [0.2, 0.25) is 0 Å². The van der Waals surface area contributed by atoms with E-state index in [0.29, 0.717) is 19.0 Å². The van der Waals surface area contributed by atoms with E-state index in [1.54, 1.807) is 0 Å². The normalized spacial score (nSPS) is 15.9. The quantitative estimate of drug-likeness (QED) is 0.0213. The van der Waals surface area contributed by atoms with Gasteiger partial charge in [-0.25, -0.2) is 4.79 Å². The average molecular weight is 1040 g/mol.